The van der Waals surface area contributed by atoms with Crippen LogP contribution in [0.4, 0.5) is 0 Å². The van der Waals surface area contributed by atoms with E-state index in [1.807, 2.05) is 0 Å². The van der Waals surface area contributed by atoms with Crippen molar-refractivity contribution in [1.29, 1.82) is 0 Å². The van der Waals surface area contributed by atoms with Crippen LogP contribution in [0.15, 0.2) is 0 Å². The molecule has 0 fully saturated rings. The minimum absolute atomic E-state index is 0. The molecule has 0 rings (SSSR count). The van der Waals surface area contributed by atoms with Crippen molar-refractivity contribution < 1.29 is 0 Å². The van der Waals surface area contributed by atoms with Crippen LogP contribution in [0.2, 0.25) is 0 Å². The smallest absolute Gasteiger partial charge is 0.0336 e. The van der Waals surface area contributed by atoms with E-state index < -0.39 is 0 Å². The van der Waals surface area contributed by atoms with Crippen molar-refractivity contribution >= 4 is 11.6 Å². The largest absolute Gasteiger partial charge is 0.344 e. The van der Waals surface area contributed by atoms with Gasteiger partial charge < -0.3 is 6.15 Å². The number of hydrogen-bond acceptors (Lipinski definition) is 1. The maximum Gasteiger partial charge on any atom is 0.0336 e. The van der Waals surface area contributed by atoms with Crippen molar-refractivity contribution in [2.24, 2.45) is 5.92 Å². The van der Waals surface area contributed by atoms with Gasteiger partial charge in [-0.2, -0.15) is 0 Å². The zero-order valence-corrected chi connectivity index (χ0v) is 23.0. The quantitative estimate of drug-likeness (QED) is 0.107. The van der Waals surface area contributed by atoms with Crippen LogP contribution in [-0.2, 0) is 0 Å². The van der Waals surface area contributed by atoms with E-state index in [0.29, 0.717) is 5.38 Å². The summed E-state index contributed by atoms with van der Waals surface area (Å²) in [5.41, 5.74) is 0. The molecule has 2 unspecified atom stereocenters. The molecule has 0 aliphatic heterocycles. The molecular weight excluding hydrogens is 398 g/mol. The SMILES string of the molecule is CCCCCCCCCCCCCCCCC(CCCCCCCCCC)C(C)Cl.N. The second kappa shape index (κ2) is 28.3. The molecule has 0 aliphatic rings. The topological polar surface area (TPSA) is 35.0 Å². The predicted molar refractivity (Wildman–Crippen MR) is 146 cm³/mol. The second-order valence-corrected chi connectivity index (χ2v) is 10.8. The van der Waals surface area contributed by atoms with Crippen molar-refractivity contribution in [3.8, 4) is 0 Å². The van der Waals surface area contributed by atoms with Crippen LogP contribution in [0.5, 0.6) is 0 Å². The van der Waals surface area contributed by atoms with Crippen molar-refractivity contribution in [3.63, 3.8) is 0 Å². The highest BCUT2D eigenvalue weighted by atomic mass is 35.5. The van der Waals surface area contributed by atoms with E-state index in [2.05, 4.69) is 20.8 Å². The highest BCUT2D eigenvalue weighted by molar-refractivity contribution is 6.20. The van der Waals surface area contributed by atoms with Crippen LogP contribution in [-0.4, -0.2) is 5.38 Å². The van der Waals surface area contributed by atoms with Crippen molar-refractivity contribution in [3.05, 3.63) is 0 Å². The van der Waals surface area contributed by atoms with E-state index in [9.17, 15) is 0 Å². The Morgan fingerprint density at radius 1 is 0.419 bits per heavy atom. The normalized spacial score (nSPS) is 13.2. The molecule has 1 nitrogen and oxygen atoms in total. The van der Waals surface area contributed by atoms with Gasteiger partial charge in [0.1, 0.15) is 0 Å². The van der Waals surface area contributed by atoms with Gasteiger partial charge >= 0.3 is 0 Å². The average molecular weight is 460 g/mol. The first-order valence-corrected chi connectivity index (χ1v) is 14.8. The molecule has 190 valence electrons. The minimum Gasteiger partial charge on any atom is -0.344 e. The summed E-state index contributed by atoms with van der Waals surface area (Å²) < 4.78 is 0. The Hall–Kier alpha value is 0.250. The van der Waals surface area contributed by atoms with Crippen LogP contribution in [0.1, 0.15) is 175 Å². The van der Waals surface area contributed by atoms with Gasteiger partial charge in [0.05, 0.1) is 0 Å². The molecule has 0 saturated carbocycles. The fraction of sp³-hybridized carbons (Fsp3) is 1.00. The third-order valence-electron chi connectivity index (χ3n) is 7.01. The summed E-state index contributed by atoms with van der Waals surface area (Å²) in [6.45, 7) is 6.82. The molecule has 0 aromatic heterocycles. The monoisotopic (exact) mass is 459 g/mol. The Morgan fingerprint density at radius 3 is 0.871 bits per heavy atom. The molecule has 2 atom stereocenters. The van der Waals surface area contributed by atoms with E-state index in [4.69, 9.17) is 11.6 Å². The van der Waals surface area contributed by atoms with Gasteiger partial charge in [0, 0.05) is 5.38 Å². The van der Waals surface area contributed by atoms with Crippen LogP contribution >= 0.6 is 11.6 Å². The lowest BCUT2D eigenvalue weighted by Crippen LogP contribution is -2.11. The number of alkyl halides is 1. The molecule has 31 heavy (non-hydrogen) atoms. The standard InChI is InChI=1S/C29H59Cl.H3N/c1-4-6-8-10-12-14-15-16-17-18-19-21-23-25-27-29(28(3)30)26-24-22-20-13-11-9-7-5-2;/h28-29H,4-27H2,1-3H3;1H3. The predicted octanol–water partition coefficient (Wildman–Crippen LogP) is 11.8. The summed E-state index contributed by atoms with van der Waals surface area (Å²) in [7, 11) is 0. The lowest BCUT2D eigenvalue weighted by Gasteiger charge is -2.19. The second-order valence-electron chi connectivity index (χ2n) is 10.1. The molecular formula is C29H62ClN. The van der Waals surface area contributed by atoms with E-state index in [1.54, 1.807) is 0 Å². The summed E-state index contributed by atoms with van der Waals surface area (Å²) in [4.78, 5) is 0. The van der Waals surface area contributed by atoms with E-state index in [1.165, 1.54) is 154 Å². The minimum atomic E-state index is 0. The first-order chi connectivity index (χ1) is 14.7. The van der Waals surface area contributed by atoms with Gasteiger partial charge in [-0.05, 0) is 25.7 Å². The molecule has 0 aromatic carbocycles. The van der Waals surface area contributed by atoms with Crippen molar-refractivity contribution in [1.82, 2.24) is 6.15 Å². The van der Waals surface area contributed by atoms with Crippen LogP contribution in [0.25, 0.3) is 0 Å². The Kier molecular flexibility index (Phi) is 30.5. The highest BCUT2D eigenvalue weighted by Crippen LogP contribution is 2.25. The fourth-order valence-corrected chi connectivity index (χ4v) is 5.00. The Balaban J connectivity index is 0. The summed E-state index contributed by atoms with van der Waals surface area (Å²) in [5, 5.41) is 0.358. The molecule has 0 aliphatic carbocycles. The lowest BCUT2D eigenvalue weighted by atomic mass is 9.91. The first-order valence-electron chi connectivity index (χ1n) is 14.4. The van der Waals surface area contributed by atoms with Gasteiger partial charge in [0.25, 0.3) is 0 Å². The molecule has 0 amide bonds. The maximum absolute atomic E-state index is 6.50. The third kappa shape index (κ3) is 26.4. The highest BCUT2D eigenvalue weighted by Gasteiger charge is 2.14. The van der Waals surface area contributed by atoms with E-state index >= 15 is 0 Å². The number of halogens is 1. The van der Waals surface area contributed by atoms with E-state index in [0.717, 1.165) is 5.92 Å². The van der Waals surface area contributed by atoms with Gasteiger partial charge in [-0.25, -0.2) is 0 Å². The summed E-state index contributed by atoms with van der Waals surface area (Å²) >= 11 is 6.50. The molecule has 0 radical (unpaired) electrons. The Labute approximate surface area is 203 Å². The average Bonchev–Trinajstić information content (AvgIpc) is 2.74. The first kappa shape index (κ1) is 33.4. The van der Waals surface area contributed by atoms with Gasteiger partial charge in [0.15, 0.2) is 0 Å². The van der Waals surface area contributed by atoms with Crippen LogP contribution < -0.4 is 6.15 Å². The molecule has 0 spiro atoms. The van der Waals surface area contributed by atoms with Crippen LogP contribution in [0.3, 0.4) is 0 Å². The summed E-state index contributed by atoms with van der Waals surface area (Å²) in [6, 6.07) is 0. The van der Waals surface area contributed by atoms with Gasteiger partial charge in [-0.3, -0.25) is 0 Å². The number of unbranched alkanes of at least 4 members (excludes halogenated alkanes) is 20. The van der Waals surface area contributed by atoms with Crippen molar-refractivity contribution in [2.75, 3.05) is 0 Å². The zero-order chi connectivity index (χ0) is 22.1. The number of rotatable bonds is 25. The van der Waals surface area contributed by atoms with E-state index in [-0.39, 0.29) is 6.15 Å². The van der Waals surface area contributed by atoms with Crippen molar-refractivity contribution in [2.45, 2.75) is 180 Å². The zero-order valence-electron chi connectivity index (χ0n) is 22.2. The van der Waals surface area contributed by atoms with Gasteiger partial charge in [-0.1, -0.05) is 155 Å². The fourth-order valence-electron chi connectivity index (χ4n) is 4.75. The molecule has 0 saturated heterocycles. The van der Waals surface area contributed by atoms with Gasteiger partial charge in [-0.15, -0.1) is 11.6 Å². The molecule has 0 heterocycles. The van der Waals surface area contributed by atoms with Crippen LogP contribution in [0, 0.1) is 5.92 Å². The molecule has 3 N–H and O–H groups in total. The number of hydrogen-bond donors (Lipinski definition) is 1. The molecule has 0 bridgehead atoms. The van der Waals surface area contributed by atoms with Gasteiger partial charge in [0.2, 0.25) is 0 Å². The molecule has 0 aromatic rings. The lowest BCUT2D eigenvalue weighted by molar-refractivity contribution is 0.396. The summed E-state index contributed by atoms with van der Waals surface area (Å²) in [5.74, 6) is 0.754. The Morgan fingerprint density at radius 2 is 0.645 bits per heavy atom. The maximum atomic E-state index is 6.50. The Bertz CT molecular complexity index is 305. The molecule has 2 heteroatoms. The third-order valence-corrected chi connectivity index (χ3v) is 7.36. The summed E-state index contributed by atoms with van der Waals surface area (Å²) in [6.07, 6.45) is 34.3.